The van der Waals surface area contributed by atoms with E-state index in [1.165, 1.54) is 0 Å². The van der Waals surface area contributed by atoms with Crippen LogP contribution in [0, 0.1) is 0 Å². The number of esters is 1. The smallest absolute Gasteiger partial charge is 0.318 e. The molecule has 0 bridgehead atoms. The van der Waals surface area contributed by atoms with Gasteiger partial charge in [-0.25, -0.2) is 0 Å². The lowest BCUT2D eigenvalue weighted by Gasteiger charge is -2.29. The molecular formula is C32H27NO6. The van der Waals surface area contributed by atoms with Crippen molar-refractivity contribution in [1.82, 2.24) is 0 Å². The molecular weight excluding hydrogens is 494 g/mol. The first kappa shape index (κ1) is 24.6. The van der Waals surface area contributed by atoms with Gasteiger partial charge in [0.05, 0.1) is 6.61 Å². The van der Waals surface area contributed by atoms with Crippen LogP contribution in [0.4, 0.5) is 5.69 Å². The highest BCUT2D eigenvalue weighted by molar-refractivity contribution is 5.88. The summed E-state index contributed by atoms with van der Waals surface area (Å²) >= 11 is 0. The van der Waals surface area contributed by atoms with Crippen LogP contribution in [0.25, 0.3) is 11.1 Å². The maximum Gasteiger partial charge on any atom is 0.318 e. The number of benzene rings is 4. The number of nitrogen functional groups attached to an aromatic ring is 1. The second-order valence-corrected chi connectivity index (χ2v) is 9.70. The highest BCUT2D eigenvalue weighted by Crippen LogP contribution is 2.49. The molecule has 1 aliphatic heterocycles. The SMILES string of the molecule is Nc1cc(OCCCC(=O)O)cc2c1C(C(=O)OCC1c3ccccc3-c3ccccc31)c1ccccc1O2. The average molecular weight is 522 g/mol. The van der Waals surface area contributed by atoms with Crippen molar-refractivity contribution in [3.05, 3.63) is 107 Å². The number of fused-ring (bicyclic) bond motifs is 5. The number of aliphatic carboxylic acids is 1. The largest absolute Gasteiger partial charge is 0.493 e. The van der Waals surface area contributed by atoms with Crippen molar-refractivity contribution in [2.45, 2.75) is 24.7 Å². The lowest BCUT2D eigenvalue weighted by molar-refractivity contribution is -0.144. The van der Waals surface area contributed by atoms with Crippen LogP contribution < -0.4 is 15.2 Å². The minimum Gasteiger partial charge on any atom is -0.493 e. The molecule has 1 heterocycles. The Kier molecular flexibility index (Phi) is 6.40. The summed E-state index contributed by atoms with van der Waals surface area (Å²) in [5.74, 6) is -0.702. The minimum atomic E-state index is -0.880. The van der Waals surface area contributed by atoms with Gasteiger partial charge in [0.2, 0.25) is 0 Å². The van der Waals surface area contributed by atoms with Crippen LogP contribution >= 0.6 is 0 Å². The van der Waals surface area contributed by atoms with E-state index in [0.717, 1.165) is 22.3 Å². The fourth-order valence-corrected chi connectivity index (χ4v) is 5.53. The molecule has 0 radical (unpaired) electrons. The summed E-state index contributed by atoms with van der Waals surface area (Å²) in [6.07, 6.45) is 0.368. The maximum absolute atomic E-state index is 13.8. The summed E-state index contributed by atoms with van der Waals surface area (Å²) in [7, 11) is 0. The topological polar surface area (TPSA) is 108 Å². The number of carboxylic acids is 1. The van der Waals surface area contributed by atoms with Crippen molar-refractivity contribution in [2.24, 2.45) is 0 Å². The second-order valence-electron chi connectivity index (χ2n) is 9.70. The van der Waals surface area contributed by atoms with Crippen LogP contribution in [0.3, 0.4) is 0 Å². The average Bonchev–Trinajstić information content (AvgIpc) is 3.26. The van der Waals surface area contributed by atoms with E-state index in [4.69, 9.17) is 25.1 Å². The van der Waals surface area contributed by atoms with E-state index in [1.54, 1.807) is 18.2 Å². The molecule has 2 aliphatic rings. The third-order valence-corrected chi connectivity index (χ3v) is 7.28. The molecule has 0 fully saturated rings. The normalized spacial score (nSPS) is 14.8. The monoisotopic (exact) mass is 521 g/mol. The molecule has 0 amide bonds. The van der Waals surface area contributed by atoms with Crippen molar-refractivity contribution in [3.63, 3.8) is 0 Å². The summed E-state index contributed by atoms with van der Waals surface area (Å²) in [5.41, 5.74) is 12.6. The first-order chi connectivity index (χ1) is 19.0. The Hall–Kier alpha value is -4.78. The van der Waals surface area contributed by atoms with Crippen LogP contribution in [0.2, 0.25) is 0 Å². The van der Waals surface area contributed by atoms with E-state index in [0.29, 0.717) is 40.5 Å². The third-order valence-electron chi connectivity index (χ3n) is 7.28. The molecule has 0 saturated carbocycles. The number of carbonyl (C=O) groups excluding carboxylic acids is 1. The Balaban J connectivity index is 1.28. The Labute approximate surface area is 225 Å². The van der Waals surface area contributed by atoms with E-state index in [1.807, 2.05) is 42.5 Å². The summed E-state index contributed by atoms with van der Waals surface area (Å²) < 4.78 is 17.9. The zero-order valence-electron chi connectivity index (χ0n) is 21.1. The molecule has 6 rings (SSSR count). The lowest BCUT2D eigenvalue weighted by atomic mass is 9.86. The third kappa shape index (κ3) is 4.56. The Morgan fingerprint density at radius 1 is 0.846 bits per heavy atom. The van der Waals surface area contributed by atoms with Gasteiger partial charge >= 0.3 is 11.9 Å². The highest BCUT2D eigenvalue weighted by Gasteiger charge is 2.37. The molecule has 0 saturated heterocycles. The quantitative estimate of drug-likeness (QED) is 0.164. The number of anilines is 1. The maximum atomic E-state index is 13.8. The number of hydrogen-bond acceptors (Lipinski definition) is 6. The Bertz CT molecular complexity index is 1530. The van der Waals surface area contributed by atoms with Crippen LogP contribution in [0.1, 0.15) is 46.9 Å². The van der Waals surface area contributed by atoms with Crippen LogP contribution in [0.5, 0.6) is 17.2 Å². The van der Waals surface area contributed by atoms with Gasteiger partial charge in [0.1, 0.15) is 29.8 Å². The van der Waals surface area contributed by atoms with Crippen molar-refractivity contribution >= 4 is 17.6 Å². The van der Waals surface area contributed by atoms with Gasteiger partial charge in [0.15, 0.2) is 0 Å². The molecule has 39 heavy (non-hydrogen) atoms. The van der Waals surface area contributed by atoms with Gasteiger partial charge in [-0.1, -0.05) is 66.7 Å². The molecule has 0 aromatic heterocycles. The number of carbonyl (C=O) groups is 2. The first-order valence-electron chi connectivity index (χ1n) is 12.9. The summed E-state index contributed by atoms with van der Waals surface area (Å²) in [6, 6.07) is 27.1. The predicted octanol–water partition coefficient (Wildman–Crippen LogP) is 6.11. The highest BCUT2D eigenvalue weighted by atomic mass is 16.5. The number of rotatable bonds is 8. The number of para-hydroxylation sites is 1. The minimum absolute atomic E-state index is 0.00809. The summed E-state index contributed by atoms with van der Waals surface area (Å²) in [4.78, 5) is 24.6. The first-order valence-corrected chi connectivity index (χ1v) is 12.9. The van der Waals surface area contributed by atoms with Gasteiger partial charge in [-0.3, -0.25) is 9.59 Å². The fourth-order valence-electron chi connectivity index (χ4n) is 5.53. The number of carboxylic acid groups (broad SMARTS) is 1. The van der Waals surface area contributed by atoms with Crippen LogP contribution in [-0.2, 0) is 14.3 Å². The van der Waals surface area contributed by atoms with E-state index < -0.39 is 17.9 Å². The molecule has 0 spiro atoms. The predicted molar refractivity (Wildman–Crippen MR) is 146 cm³/mol. The number of hydrogen-bond donors (Lipinski definition) is 2. The standard InChI is InChI=1S/C32H27NO6/c33-26-16-19(37-15-7-14-29(34)35)17-28-31(26)30(24-12-5-6-13-27(24)39-28)32(36)38-18-25-22-10-3-1-8-20(22)21-9-2-4-11-23(21)25/h1-6,8-13,16-17,25,30H,7,14-15,18,33H2,(H,34,35). The van der Waals surface area contributed by atoms with E-state index in [-0.39, 0.29) is 25.6 Å². The van der Waals surface area contributed by atoms with Gasteiger partial charge in [-0.15, -0.1) is 0 Å². The Morgan fingerprint density at radius 2 is 1.49 bits per heavy atom. The molecule has 1 atom stereocenters. The molecule has 196 valence electrons. The van der Waals surface area contributed by atoms with Gasteiger partial charge in [-0.05, 0) is 34.7 Å². The molecule has 4 aromatic carbocycles. The van der Waals surface area contributed by atoms with Crippen molar-refractivity contribution in [1.29, 1.82) is 0 Å². The van der Waals surface area contributed by atoms with Gasteiger partial charge < -0.3 is 25.1 Å². The second kappa shape index (κ2) is 10.2. The van der Waals surface area contributed by atoms with Crippen molar-refractivity contribution < 1.29 is 28.9 Å². The van der Waals surface area contributed by atoms with Crippen LogP contribution in [0.15, 0.2) is 84.9 Å². The fraction of sp³-hybridized carbons (Fsp3) is 0.188. The van der Waals surface area contributed by atoms with Gasteiger partial charge in [-0.2, -0.15) is 0 Å². The number of nitrogens with two attached hydrogens (primary N) is 1. The van der Waals surface area contributed by atoms with E-state index >= 15 is 0 Å². The van der Waals surface area contributed by atoms with Gasteiger partial charge in [0, 0.05) is 41.3 Å². The Morgan fingerprint density at radius 3 is 2.18 bits per heavy atom. The van der Waals surface area contributed by atoms with Crippen molar-refractivity contribution in [2.75, 3.05) is 18.9 Å². The molecule has 1 unspecified atom stereocenters. The van der Waals surface area contributed by atoms with Crippen LogP contribution in [-0.4, -0.2) is 30.3 Å². The van der Waals surface area contributed by atoms with Gasteiger partial charge in [0.25, 0.3) is 0 Å². The lowest BCUT2D eigenvalue weighted by Crippen LogP contribution is -2.24. The van der Waals surface area contributed by atoms with E-state index in [9.17, 15) is 9.59 Å². The summed E-state index contributed by atoms with van der Waals surface area (Å²) in [6.45, 7) is 0.420. The molecule has 7 nitrogen and oxygen atoms in total. The zero-order valence-corrected chi connectivity index (χ0v) is 21.1. The summed E-state index contributed by atoms with van der Waals surface area (Å²) in [5, 5.41) is 8.86. The molecule has 7 heteroatoms. The van der Waals surface area contributed by atoms with E-state index in [2.05, 4.69) is 24.3 Å². The number of ether oxygens (including phenoxy) is 3. The molecule has 4 aromatic rings. The molecule has 3 N–H and O–H groups in total. The van der Waals surface area contributed by atoms with Crippen molar-refractivity contribution in [3.8, 4) is 28.4 Å². The zero-order chi connectivity index (χ0) is 26.9. The molecule has 1 aliphatic carbocycles.